The second-order valence-electron chi connectivity index (χ2n) is 6.07. The molecule has 120 valence electrons. The quantitative estimate of drug-likeness (QED) is 0.887. The molecule has 1 fully saturated rings. The largest absolute Gasteiger partial charge is 0.481 e. The Morgan fingerprint density at radius 3 is 2.57 bits per heavy atom. The van der Waals surface area contributed by atoms with E-state index in [1.54, 1.807) is 17.8 Å². The van der Waals surface area contributed by atoms with Gasteiger partial charge in [0.15, 0.2) is 0 Å². The minimum atomic E-state index is -0.887. The number of carboxylic acids is 1. The summed E-state index contributed by atoms with van der Waals surface area (Å²) >= 11 is 0. The molecule has 1 saturated carbocycles. The molecule has 0 unspecified atom stereocenters. The zero-order valence-electron chi connectivity index (χ0n) is 13.0. The molecule has 3 rings (SSSR count). The van der Waals surface area contributed by atoms with Gasteiger partial charge in [-0.15, -0.1) is 0 Å². The molecule has 1 amide bonds. The number of para-hydroxylation sites is 1. The lowest BCUT2D eigenvalue weighted by Gasteiger charge is -2.41. The van der Waals surface area contributed by atoms with E-state index in [0.717, 1.165) is 12.1 Å². The highest BCUT2D eigenvalue weighted by atomic mass is 16.4. The molecule has 2 aromatic rings. The van der Waals surface area contributed by atoms with Crippen LogP contribution in [0.1, 0.15) is 41.7 Å². The van der Waals surface area contributed by atoms with Gasteiger partial charge >= 0.3 is 5.97 Å². The highest BCUT2D eigenvalue weighted by molar-refractivity contribution is 5.96. The molecular formula is C17H19N3O3. The maximum Gasteiger partial charge on any atom is 0.305 e. The van der Waals surface area contributed by atoms with Gasteiger partial charge in [0.05, 0.1) is 28.9 Å². The summed E-state index contributed by atoms with van der Waals surface area (Å²) in [6.45, 7) is 1.78. The summed E-state index contributed by atoms with van der Waals surface area (Å²) in [7, 11) is 0. The molecule has 1 aromatic heterocycles. The van der Waals surface area contributed by atoms with Gasteiger partial charge in [0.2, 0.25) is 0 Å². The van der Waals surface area contributed by atoms with Crippen LogP contribution >= 0.6 is 0 Å². The monoisotopic (exact) mass is 313 g/mol. The van der Waals surface area contributed by atoms with Crippen molar-refractivity contribution in [3.05, 3.63) is 47.8 Å². The number of nitrogens with zero attached hydrogens (tertiary/aromatic N) is 2. The van der Waals surface area contributed by atoms with E-state index < -0.39 is 11.5 Å². The average molecular weight is 313 g/mol. The fraction of sp³-hybridized carbons (Fsp3) is 0.353. The normalized spacial score (nSPS) is 15.7. The van der Waals surface area contributed by atoms with Crippen LogP contribution in [0.3, 0.4) is 0 Å². The van der Waals surface area contributed by atoms with Crippen molar-refractivity contribution in [1.82, 2.24) is 15.1 Å². The Morgan fingerprint density at radius 1 is 1.30 bits per heavy atom. The van der Waals surface area contributed by atoms with Crippen LogP contribution in [-0.2, 0) is 4.79 Å². The summed E-state index contributed by atoms with van der Waals surface area (Å²) in [5, 5.41) is 16.3. The standard InChI is InChI=1S/C17H19N3O3/c1-12-14(11-20(19-12)13-6-3-2-4-7-13)16(23)18-17(8-5-9-17)10-15(21)22/h2-4,6-7,11H,5,8-10H2,1H3,(H,18,23)(H,21,22). The number of carboxylic acid groups (broad SMARTS) is 1. The third-order valence-corrected chi connectivity index (χ3v) is 4.34. The Labute approximate surface area is 134 Å². The highest BCUT2D eigenvalue weighted by Gasteiger charge is 2.40. The third-order valence-electron chi connectivity index (χ3n) is 4.34. The van der Waals surface area contributed by atoms with Crippen LogP contribution in [0.5, 0.6) is 0 Å². The van der Waals surface area contributed by atoms with E-state index in [0.29, 0.717) is 24.1 Å². The van der Waals surface area contributed by atoms with Crippen LogP contribution in [0.2, 0.25) is 0 Å². The van der Waals surface area contributed by atoms with Crippen molar-refractivity contribution in [3.8, 4) is 5.69 Å². The van der Waals surface area contributed by atoms with Gasteiger partial charge in [0.1, 0.15) is 0 Å². The fourth-order valence-electron chi connectivity index (χ4n) is 2.94. The van der Waals surface area contributed by atoms with E-state index in [1.165, 1.54) is 0 Å². The molecule has 0 aliphatic heterocycles. The van der Waals surface area contributed by atoms with Crippen molar-refractivity contribution >= 4 is 11.9 Å². The smallest absolute Gasteiger partial charge is 0.305 e. The van der Waals surface area contributed by atoms with Gasteiger partial charge in [-0.25, -0.2) is 4.68 Å². The average Bonchev–Trinajstić information content (AvgIpc) is 2.87. The molecule has 6 nitrogen and oxygen atoms in total. The predicted octanol–water partition coefficient (Wildman–Crippen LogP) is 2.31. The van der Waals surface area contributed by atoms with E-state index in [4.69, 9.17) is 5.11 Å². The summed E-state index contributed by atoms with van der Waals surface area (Å²) in [5.74, 6) is -1.15. The van der Waals surface area contributed by atoms with Crippen molar-refractivity contribution in [2.24, 2.45) is 0 Å². The maximum atomic E-state index is 12.5. The summed E-state index contributed by atoms with van der Waals surface area (Å²) in [6.07, 6.45) is 4.00. The van der Waals surface area contributed by atoms with E-state index in [1.807, 2.05) is 30.3 Å². The van der Waals surface area contributed by atoms with Crippen molar-refractivity contribution in [1.29, 1.82) is 0 Å². The van der Waals surface area contributed by atoms with Crippen molar-refractivity contribution < 1.29 is 14.7 Å². The minimum Gasteiger partial charge on any atom is -0.481 e. The van der Waals surface area contributed by atoms with Crippen LogP contribution in [0, 0.1) is 6.92 Å². The zero-order valence-corrected chi connectivity index (χ0v) is 13.0. The number of rotatable bonds is 5. The highest BCUT2D eigenvalue weighted by Crippen LogP contribution is 2.35. The Bertz CT molecular complexity index is 733. The lowest BCUT2D eigenvalue weighted by molar-refractivity contribution is -0.139. The van der Waals surface area contributed by atoms with Gasteiger partial charge < -0.3 is 10.4 Å². The first-order valence-electron chi connectivity index (χ1n) is 7.65. The lowest BCUT2D eigenvalue weighted by Crippen LogP contribution is -2.54. The molecule has 0 bridgehead atoms. The molecule has 1 aromatic carbocycles. The van der Waals surface area contributed by atoms with Gasteiger partial charge in [-0.3, -0.25) is 9.59 Å². The Balaban J connectivity index is 1.80. The minimum absolute atomic E-state index is 0.0371. The summed E-state index contributed by atoms with van der Waals surface area (Å²) in [6, 6.07) is 9.54. The maximum absolute atomic E-state index is 12.5. The predicted molar refractivity (Wildman–Crippen MR) is 84.6 cm³/mol. The number of carbonyl (C=O) groups is 2. The van der Waals surface area contributed by atoms with Crippen molar-refractivity contribution in [2.45, 2.75) is 38.1 Å². The number of benzene rings is 1. The van der Waals surface area contributed by atoms with Crippen LogP contribution in [-0.4, -0.2) is 32.3 Å². The van der Waals surface area contributed by atoms with Crippen LogP contribution < -0.4 is 5.32 Å². The first-order valence-corrected chi connectivity index (χ1v) is 7.65. The first-order chi connectivity index (χ1) is 11.0. The molecule has 1 aliphatic carbocycles. The molecule has 1 heterocycles. The SMILES string of the molecule is Cc1nn(-c2ccccc2)cc1C(=O)NC1(CC(=O)O)CCC1. The Morgan fingerprint density at radius 2 is 2.00 bits per heavy atom. The summed E-state index contributed by atoms with van der Waals surface area (Å²) < 4.78 is 1.66. The number of carbonyl (C=O) groups excluding carboxylic acids is 1. The molecule has 0 saturated heterocycles. The first kappa shape index (κ1) is 15.3. The molecule has 23 heavy (non-hydrogen) atoms. The Hall–Kier alpha value is -2.63. The van der Waals surface area contributed by atoms with Crippen molar-refractivity contribution in [3.63, 3.8) is 0 Å². The van der Waals surface area contributed by atoms with E-state index in [-0.39, 0.29) is 12.3 Å². The van der Waals surface area contributed by atoms with Crippen LogP contribution in [0.4, 0.5) is 0 Å². The molecule has 0 radical (unpaired) electrons. The van der Waals surface area contributed by atoms with Gasteiger partial charge in [0, 0.05) is 6.20 Å². The number of aliphatic carboxylic acids is 1. The summed E-state index contributed by atoms with van der Waals surface area (Å²) in [5.41, 5.74) is 1.37. The second-order valence-corrected chi connectivity index (χ2v) is 6.07. The number of hydrogen-bond donors (Lipinski definition) is 2. The third kappa shape index (κ3) is 3.11. The molecular weight excluding hydrogens is 294 g/mol. The number of nitrogens with one attached hydrogen (secondary N) is 1. The summed E-state index contributed by atoms with van der Waals surface area (Å²) in [4.78, 5) is 23.6. The molecule has 0 spiro atoms. The van der Waals surface area contributed by atoms with Gasteiger partial charge in [-0.05, 0) is 38.3 Å². The van der Waals surface area contributed by atoms with E-state index >= 15 is 0 Å². The lowest BCUT2D eigenvalue weighted by atomic mass is 9.74. The topological polar surface area (TPSA) is 84.2 Å². The van der Waals surface area contributed by atoms with Gasteiger partial charge in [-0.1, -0.05) is 18.2 Å². The molecule has 0 atom stereocenters. The number of aromatic nitrogens is 2. The zero-order chi connectivity index (χ0) is 16.4. The molecule has 6 heteroatoms. The van der Waals surface area contributed by atoms with Gasteiger partial charge in [-0.2, -0.15) is 5.10 Å². The van der Waals surface area contributed by atoms with Crippen molar-refractivity contribution in [2.75, 3.05) is 0 Å². The van der Waals surface area contributed by atoms with Crippen LogP contribution in [0.15, 0.2) is 36.5 Å². The number of amides is 1. The second kappa shape index (κ2) is 5.87. The van der Waals surface area contributed by atoms with Crippen LogP contribution in [0.25, 0.3) is 5.69 Å². The Kier molecular flexibility index (Phi) is 3.90. The number of hydrogen-bond acceptors (Lipinski definition) is 3. The van der Waals surface area contributed by atoms with E-state index in [9.17, 15) is 9.59 Å². The van der Waals surface area contributed by atoms with Gasteiger partial charge in [0.25, 0.3) is 5.91 Å². The number of aryl methyl sites for hydroxylation is 1. The fourth-order valence-corrected chi connectivity index (χ4v) is 2.94. The molecule has 1 aliphatic rings. The van der Waals surface area contributed by atoms with E-state index in [2.05, 4.69) is 10.4 Å². The molecule has 2 N–H and O–H groups in total.